The van der Waals surface area contributed by atoms with Crippen molar-refractivity contribution in [2.75, 3.05) is 5.32 Å². The number of aromatic nitrogens is 5. The predicted octanol–water partition coefficient (Wildman–Crippen LogP) is 4.51. The summed E-state index contributed by atoms with van der Waals surface area (Å²) in [5, 5.41) is 15.4. The van der Waals surface area contributed by atoms with E-state index in [-0.39, 0.29) is 5.91 Å². The van der Waals surface area contributed by atoms with E-state index in [1.54, 1.807) is 18.3 Å². The molecule has 3 heterocycles. The van der Waals surface area contributed by atoms with Gasteiger partial charge in [-0.05, 0) is 23.8 Å². The molecule has 0 atom stereocenters. The van der Waals surface area contributed by atoms with E-state index in [1.807, 2.05) is 41.8 Å². The summed E-state index contributed by atoms with van der Waals surface area (Å²) in [6.45, 7) is 0. The number of hydrogen-bond acceptors (Lipinski definition) is 7. The highest BCUT2D eigenvalue weighted by Crippen LogP contribution is 2.25. The van der Waals surface area contributed by atoms with Gasteiger partial charge in [0.25, 0.3) is 5.91 Å². The maximum atomic E-state index is 12.2. The summed E-state index contributed by atoms with van der Waals surface area (Å²) >= 11 is 2.89. The van der Waals surface area contributed by atoms with Gasteiger partial charge in [-0.1, -0.05) is 42.1 Å². The first-order valence-corrected chi connectivity index (χ1v) is 10.7. The SMILES string of the molecule is O=C(Nc1nccs1)c1ccc(CSc2nnc3c(n2)[nH]c2ccccc23)cc1. The quantitative estimate of drug-likeness (QED) is 0.408. The Labute approximate surface area is 173 Å². The van der Waals surface area contributed by atoms with Crippen molar-refractivity contribution < 1.29 is 4.79 Å². The second kappa shape index (κ2) is 7.61. The summed E-state index contributed by atoms with van der Waals surface area (Å²) in [6, 6.07) is 15.4. The van der Waals surface area contributed by atoms with Crippen molar-refractivity contribution in [2.45, 2.75) is 10.9 Å². The minimum absolute atomic E-state index is 0.170. The molecule has 29 heavy (non-hydrogen) atoms. The molecule has 142 valence electrons. The van der Waals surface area contributed by atoms with Gasteiger partial charge in [-0.25, -0.2) is 9.97 Å². The molecule has 5 rings (SSSR count). The molecule has 0 radical (unpaired) electrons. The standard InChI is InChI=1S/C20H14N6OS2/c27-18(24-19-21-9-10-28-19)13-7-5-12(6-8-13)11-29-20-23-17-16(25-26-20)14-3-1-2-4-15(14)22-17/h1-10H,11H2,(H,21,24,27)(H,22,23,26). The third-order valence-electron chi connectivity index (χ3n) is 4.34. The van der Waals surface area contributed by atoms with Crippen LogP contribution in [0.4, 0.5) is 5.13 Å². The summed E-state index contributed by atoms with van der Waals surface area (Å²) in [6.07, 6.45) is 1.66. The molecule has 0 aliphatic carbocycles. The topological polar surface area (TPSA) is 96.5 Å². The Morgan fingerprint density at radius 1 is 1.10 bits per heavy atom. The molecule has 0 aliphatic heterocycles. The number of hydrogen-bond donors (Lipinski definition) is 2. The number of carbonyl (C=O) groups is 1. The number of para-hydroxylation sites is 1. The van der Waals surface area contributed by atoms with E-state index in [2.05, 4.69) is 30.5 Å². The van der Waals surface area contributed by atoms with Crippen LogP contribution in [0.3, 0.4) is 0 Å². The molecule has 2 N–H and O–H groups in total. The monoisotopic (exact) mass is 418 g/mol. The van der Waals surface area contributed by atoms with Crippen LogP contribution in [0, 0.1) is 0 Å². The number of fused-ring (bicyclic) bond motifs is 3. The van der Waals surface area contributed by atoms with Gasteiger partial charge in [-0.2, -0.15) is 0 Å². The van der Waals surface area contributed by atoms with Crippen LogP contribution in [0.15, 0.2) is 65.3 Å². The zero-order valence-electron chi connectivity index (χ0n) is 15.0. The molecule has 2 aromatic carbocycles. The van der Waals surface area contributed by atoms with Crippen molar-refractivity contribution in [3.63, 3.8) is 0 Å². The van der Waals surface area contributed by atoms with Crippen molar-refractivity contribution in [3.8, 4) is 0 Å². The Hall–Kier alpha value is -3.30. The second-order valence-corrected chi connectivity index (χ2v) is 8.08. The number of nitrogens with one attached hydrogen (secondary N) is 2. The number of thioether (sulfide) groups is 1. The van der Waals surface area contributed by atoms with E-state index in [9.17, 15) is 4.79 Å². The van der Waals surface area contributed by atoms with E-state index in [1.165, 1.54) is 23.1 Å². The van der Waals surface area contributed by atoms with Crippen molar-refractivity contribution >= 4 is 56.2 Å². The molecule has 0 spiro atoms. The number of benzene rings is 2. The zero-order chi connectivity index (χ0) is 19.6. The third kappa shape index (κ3) is 3.69. The Kier molecular flexibility index (Phi) is 4.66. The van der Waals surface area contributed by atoms with Gasteiger partial charge in [0.05, 0.1) is 0 Å². The lowest BCUT2D eigenvalue weighted by Gasteiger charge is -2.04. The van der Waals surface area contributed by atoms with E-state index in [0.717, 1.165) is 27.6 Å². The van der Waals surface area contributed by atoms with Crippen LogP contribution in [-0.2, 0) is 5.75 Å². The van der Waals surface area contributed by atoms with Crippen LogP contribution in [0.25, 0.3) is 22.1 Å². The molecule has 0 fully saturated rings. The highest BCUT2D eigenvalue weighted by molar-refractivity contribution is 7.98. The zero-order valence-corrected chi connectivity index (χ0v) is 16.6. The van der Waals surface area contributed by atoms with Crippen LogP contribution in [0.5, 0.6) is 0 Å². The molecule has 9 heteroatoms. The van der Waals surface area contributed by atoms with Gasteiger partial charge in [0, 0.05) is 33.8 Å². The van der Waals surface area contributed by atoms with Crippen molar-refractivity contribution in [1.82, 2.24) is 25.1 Å². The van der Waals surface area contributed by atoms with E-state index in [4.69, 9.17) is 0 Å². The van der Waals surface area contributed by atoms with Gasteiger partial charge in [-0.15, -0.1) is 21.5 Å². The average molecular weight is 419 g/mol. The Morgan fingerprint density at radius 2 is 1.97 bits per heavy atom. The number of anilines is 1. The lowest BCUT2D eigenvalue weighted by Crippen LogP contribution is -2.11. The van der Waals surface area contributed by atoms with Gasteiger partial charge in [-0.3, -0.25) is 10.1 Å². The molecular formula is C20H14N6OS2. The van der Waals surface area contributed by atoms with Gasteiger partial charge < -0.3 is 4.98 Å². The first-order valence-electron chi connectivity index (χ1n) is 8.80. The van der Waals surface area contributed by atoms with Crippen LogP contribution in [0.1, 0.15) is 15.9 Å². The molecular weight excluding hydrogens is 404 g/mol. The molecule has 0 aliphatic rings. The molecule has 0 saturated heterocycles. The van der Waals surface area contributed by atoms with E-state index >= 15 is 0 Å². The molecule has 0 unspecified atom stereocenters. The van der Waals surface area contributed by atoms with Crippen molar-refractivity contribution in [3.05, 3.63) is 71.2 Å². The molecule has 5 aromatic rings. The van der Waals surface area contributed by atoms with Gasteiger partial charge >= 0.3 is 0 Å². The fourth-order valence-electron chi connectivity index (χ4n) is 2.92. The van der Waals surface area contributed by atoms with Crippen LogP contribution in [-0.4, -0.2) is 31.1 Å². The Bertz CT molecular complexity index is 1300. The largest absolute Gasteiger partial charge is 0.338 e. The number of amides is 1. The summed E-state index contributed by atoms with van der Waals surface area (Å²) < 4.78 is 0. The maximum Gasteiger partial charge on any atom is 0.257 e. The third-order valence-corrected chi connectivity index (χ3v) is 5.94. The summed E-state index contributed by atoms with van der Waals surface area (Å²) in [5.41, 5.74) is 4.17. The smallest absolute Gasteiger partial charge is 0.257 e. The molecule has 3 aromatic heterocycles. The number of rotatable bonds is 5. The lowest BCUT2D eigenvalue weighted by atomic mass is 10.1. The number of nitrogens with zero attached hydrogens (tertiary/aromatic N) is 4. The summed E-state index contributed by atoms with van der Waals surface area (Å²) in [4.78, 5) is 24.1. The first kappa shape index (κ1) is 17.8. The van der Waals surface area contributed by atoms with E-state index < -0.39 is 0 Å². The first-order chi connectivity index (χ1) is 14.3. The number of carbonyl (C=O) groups excluding carboxylic acids is 1. The average Bonchev–Trinajstić information content (AvgIpc) is 3.39. The molecule has 7 nitrogen and oxygen atoms in total. The maximum absolute atomic E-state index is 12.2. The Balaban J connectivity index is 1.27. The van der Waals surface area contributed by atoms with Crippen LogP contribution in [0.2, 0.25) is 0 Å². The fraction of sp³-hybridized carbons (Fsp3) is 0.0500. The van der Waals surface area contributed by atoms with Crippen molar-refractivity contribution in [2.24, 2.45) is 0 Å². The van der Waals surface area contributed by atoms with Gasteiger partial charge in [0.1, 0.15) is 5.52 Å². The van der Waals surface area contributed by atoms with Gasteiger partial charge in [0.2, 0.25) is 5.16 Å². The van der Waals surface area contributed by atoms with Crippen LogP contribution < -0.4 is 5.32 Å². The summed E-state index contributed by atoms with van der Waals surface area (Å²) in [5.74, 6) is 0.512. The number of aromatic amines is 1. The highest BCUT2D eigenvalue weighted by Gasteiger charge is 2.10. The fourth-order valence-corrected chi connectivity index (χ4v) is 4.19. The van der Waals surface area contributed by atoms with Gasteiger partial charge in [0.15, 0.2) is 10.8 Å². The van der Waals surface area contributed by atoms with Crippen LogP contribution >= 0.6 is 23.1 Å². The molecule has 1 amide bonds. The Morgan fingerprint density at radius 3 is 2.79 bits per heavy atom. The molecule has 0 bridgehead atoms. The molecule has 0 saturated carbocycles. The second-order valence-electron chi connectivity index (χ2n) is 6.24. The minimum atomic E-state index is -0.170. The normalized spacial score (nSPS) is 11.2. The summed E-state index contributed by atoms with van der Waals surface area (Å²) in [7, 11) is 0. The minimum Gasteiger partial charge on any atom is -0.338 e. The lowest BCUT2D eigenvalue weighted by molar-refractivity contribution is 0.102. The van der Waals surface area contributed by atoms with E-state index in [0.29, 0.717) is 21.6 Å². The highest BCUT2D eigenvalue weighted by atomic mass is 32.2. The number of thiazole rings is 1. The van der Waals surface area contributed by atoms with Crippen molar-refractivity contribution in [1.29, 1.82) is 0 Å². The predicted molar refractivity (Wildman–Crippen MR) is 115 cm³/mol. The number of H-pyrrole nitrogens is 1.